The van der Waals surface area contributed by atoms with E-state index in [0.29, 0.717) is 32.0 Å². The number of likely N-dealkylation sites (tertiary alicyclic amines) is 1. The van der Waals surface area contributed by atoms with Crippen molar-refractivity contribution in [3.05, 3.63) is 12.3 Å². The number of aliphatic carboxylic acids is 1. The molecule has 96 valence electrons. The lowest BCUT2D eigenvalue weighted by Crippen LogP contribution is -2.33. The fourth-order valence-electron chi connectivity index (χ4n) is 1.56. The van der Waals surface area contributed by atoms with E-state index in [1.54, 1.807) is 0 Å². The molecule has 0 unspecified atom stereocenters. The van der Waals surface area contributed by atoms with Gasteiger partial charge in [0.1, 0.15) is 0 Å². The fourth-order valence-corrected chi connectivity index (χ4v) is 1.56. The molecule has 7 heteroatoms. The van der Waals surface area contributed by atoms with Crippen LogP contribution in [-0.4, -0.2) is 41.0 Å². The molecule has 4 nitrogen and oxygen atoms in total. The molecule has 1 saturated heterocycles. The number of piperidine rings is 1. The van der Waals surface area contributed by atoms with E-state index in [4.69, 9.17) is 5.11 Å². The summed E-state index contributed by atoms with van der Waals surface area (Å²) in [4.78, 5) is 22.7. The van der Waals surface area contributed by atoms with Crippen molar-refractivity contribution in [2.45, 2.75) is 19.0 Å². The number of allylic oxidation sites excluding steroid dienone is 1. The highest BCUT2D eigenvalue weighted by atomic mass is 19.4. The van der Waals surface area contributed by atoms with Gasteiger partial charge in [-0.15, -0.1) is 0 Å². The minimum atomic E-state index is -4.85. The Bertz CT molecular complexity index is 330. The monoisotopic (exact) mass is 251 g/mol. The highest BCUT2D eigenvalue weighted by Gasteiger charge is 2.36. The first-order chi connectivity index (χ1) is 7.80. The normalized spacial score (nSPS) is 18.6. The Kier molecular flexibility index (Phi) is 4.14. The lowest BCUT2D eigenvalue weighted by Gasteiger charge is -2.28. The predicted octanol–water partition coefficient (Wildman–Crippen LogP) is 1.43. The number of carbonyl (C=O) groups excluding carboxylic acids is 1. The summed E-state index contributed by atoms with van der Waals surface area (Å²) in [5.41, 5.74) is 0. The topological polar surface area (TPSA) is 57.6 Å². The van der Waals surface area contributed by atoms with E-state index in [9.17, 15) is 22.8 Å². The van der Waals surface area contributed by atoms with Gasteiger partial charge in [-0.2, -0.15) is 13.2 Å². The molecule has 1 rings (SSSR count). The number of rotatable bonds is 3. The van der Waals surface area contributed by atoms with E-state index in [-0.39, 0.29) is 0 Å². The molecule has 1 fully saturated rings. The summed E-state index contributed by atoms with van der Waals surface area (Å²) < 4.78 is 35.6. The van der Waals surface area contributed by atoms with E-state index in [0.717, 1.165) is 6.20 Å². The van der Waals surface area contributed by atoms with Gasteiger partial charge >= 0.3 is 12.1 Å². The highest BCUT2D eigenvalue weighted by Crippen LogP contribution is 2.19. The van der Waals surface area contributed by atoms with E-state index in [1.165, 1.54) is 4.90 Å². The minimum absolute atomic E-state index is 0.346. The highest BCUT2D eigenvalue weighted by molar-refractivity contribution is 5.94. The van der Waals surface area contributed by atoms with Gasteiger partial charge in [-0.3, -0.25) is 9.59 Å². The van der Waals surface area contributed by atoms with Gasteiger partial charge in [-0.05, 0) is 12.8 Å². The van der Waals surface area contributed by atoms with Crippen LogP contribution in [0.15, 0.2) is 12.3 Å². The molecule has 0 atom stereocenters. The second kappa shape index (κ2) is 5.20. The largest absolute Gasteiger partial charge is 0.481 e. The van der Waals surface area contributed by atoms with Crippen LogP contribution in [0.5, 0.6) is 0 Å². The van der Waals surface area contributed by atoms with Gasteiger partial charge in [-0.25, -0.2) is 0 Å². The SMILES string of the molecule is O=C(O)C1CCN(C=CC(=O)C(F)(F)F)CC1. The first-order valence-corrected chi connectivity index (χ1v) is 5.07. The number of nitrogens with zero attached hydrogens (tertiary/aromatic N) is 1. The van der Waals surface area contributed by atoms with Gasteiger partial charge in [0.2, 0.25) is 0 Å². The van der Waals surface area contributed by atoms with Crippen LogP contribution in [0, 0.1) is 5.92 Å². The first kappa shape index (κ1) is 13.5. The molecule has 0 aromatic rings. The number of carboxylic acid groups (broad SMARTS) is 1. The molecular formula is C10H12F3NO3. The lowest BCUT2D eigenvalue weighted by atomic mass is 9.97. The summed E-state index contributed by atoms with van der Waals surface area (Å²) in [5, 5.41) is 8.71. The predicted molar refractivity (Wildman–Crippen MR) is 52.1 cm³/mol. The molecule has 0 spiro atoms. The standard InChI is InChI=1S/C10H12F3NO3/c11-10(12,13)8(15)3-6-14-4-1-7(2-5-14)9(16)17/h3,6-7H,1-2,4-5H2,(H,16,17). The van der Waals surface area contributed by atoms with Crippen molar-refractivity contribution in [1.82, 2.24) is 4.90 Å². The van der Waals surface area contributed by atoms with Crippen LogP contribution in [0.1, 0.15) is 12.8 Å². The van der Waals surface area contributed by atoms with Gasteiger partial charge in [0.25, 0.3) is 5.78 Å². The number of alkyl halides is 3. The molecule has 0 aliphatic carbocycles. The van der Waals surface area contributed by atoms with Gasteiger partial charge in [-0.1, -0.05) is 0 Å². The van der Waals surface area contributed by atoms with Crippen LogP contribution in [0.3, 0.4) is 0 Å². The third-order valence-electron chi connectivity index (χ3n) is 2.59. The van der Waals surface area contributed by atoms with Crippen LogP contribution in [0.4, 0.5) is 13.2 Å². The number of carboxylic acids is 1. The summed E-state index contributed by atoms with van der Waals surface area (Å²) in [6, 6.07) is 0. The average Bonchev–Trinajstić information content (AvgIpc) is 2.25. The van der Waals surface area contributed by atoms with Gasteiger partial charge in [0.15, 0.2) is 0 Å². The first-order valence-electron chi connectivity index (χ1n) is 5.07. The van der Waals surface area contributed by atoms with Gasteiger partial charge in [0.05, 0.1) is 5.92 Å². The molecular weight excluding hydrogens is 239 g/mol. The number of hydrogen-bond donors (Lipinski definition) is 1. The zero-order valence-electron chi connectivity index (χ0n) is 8.91. The molecule has 0 saturated carbocycles. The summed E-state index contributed by atoms with van der Waals surface area (Å²) >= 11 is 0. The number of ketones is 1. The Balaban J connectivity index is 2.43. The van der Waals surface area contributed by atoms with E-state index >= 15 is 0 Å². The lowest BCUT2D eigenvalue weighted by molar-refractivity contribution is -0.165. The molecule has 0 bridgehead atoms. The fraction of sp³-hybridized carbons (Fsp3) is 0.600. The third kappa shape index (κ3) is 4.08. The van der Waals surface area contributed by atoms with Crippen molar-refractivity contribution < 1.29 is 27.9 Å². The summed E-state index contributed by atoms with van der Waals surface area (Å²) in [7, 11) is 0. The maximum absolute atomic E-state index is 11.9. The molecule has 0 aromatic heterocycles. The van der Waals surface area contributed by atoms with Crippen LogP contribution in [0.2, 0.25) is 0 Å². The number of carbonyl (C=O) groups is 2. The second-order valence-electron chi connectivity index (χ2n) is 3.83. The maximum atomic E-state index is 11.9. The molecule has 0 radical (unpaired) electrons. The molecule has 1 aliphatic heterocycles. The van der Waals surface area contributed by atoms with Crippen molar-refractivity contribution in [3.63, 3.8) is 0 Å². The summed E-state index contributed by atoms with van der Waals surface area (Å²) in [6.07, 6.45) is -2.55. The molecule has 1 heterocycles. The molecule has 1 N–H and O–H groups in total. The second-order valence-corrected chi connectivity index (χ2v) is 3.83. The van der Waals surface area contributed by atoms with Crippen LogP contribution >= 0.6 is 0 Å². The Labute approximate surface area is 95.7 Å². The zero-order valence-corrected chi connectivity index (χ0v) is 8.91. The van der Waals surface area contributed by atoms with Gasteiger partial charge in [0, 0.05) is 25.4 Å². The zero-order chi connectivity index (χ0) is 13.1. The van der Waals surface area contributed by atoms with Gasteiger partial charge < -0.3 is 10.0 Å². The molecule has 0 amide bonds. The quantitative estimate of drug-likeness (QED) is 0.771. The number of hydrogen-bond acceptors (Lipinski definition) is 3. The van der Waals surface area contributed by atoms with Crippen LogP contribution < -0.4 is 0 Å². The van der Waals surface area contributed by atoms with E-state index < -0.39 is 23.8 Å². The molecule has 1 aliphatic rings. The Morgan fingerprint density at radius 1 is 1.24 bits per heavy atom. The summed E-state index contributed by atoms with van der Waals surface area (Å²) in [5.74, 6) is -3.24. The summed E-state index contributed by atoms with van der Waals surface area (Å²) in [6.45, 7) is 0.692. The Morgan fingerprint density at radius 3 is 2.18 bits per heavy atom. The Hall–Kier alpha value is -1.53. The smallest absolute Gasteiger partial charge is 0.454 e. The average molecular weight is 251 g/mol. The van der Waals surface area contributed by atoms with Crippen LogP contribution in [0.25, 0.3) is 0 Å². The van der Waals surface area contributed by atoms with Crippen molar-refractivity contribution in [2.75, 3.05) is 13.1 Å². The van der Waals surface area contributed by atoms with E-state index in [2.05, 4.69) is 0 Å². The van der Waals surface area contributed by atoms with Crippen molar-refractivity contribution in [3.8, 4) is 0 Å². The maximum Gasteiger partial charge on any atom is 0.454 e. The number of halogens is 3. The third-order valence-corrected chi connectivity index (χ3v) is 2.59. The molecule has 17 heavy (non-hydrogen) atoms. The van der Waals surface area contributed by atoms with Crippen molar-refractivity contribution in [2.24, 2.45) is 5.92 Å². The Morgan fingerprint density at radius 2 is 1.76 bits per heavy atom. The van der Waals surface area contributed by atoms with Crippen molar-refractivity contribution >= 4 is 11.8 Å². The van der Waals surface area contributed by atoms with E-state index in [1.807, 2.05) is 0 Å². The van der Waals surface area contributed by atoms with Crippen molar-refractivity contribution in [1.29, 1.82) is 0 Å². The van der Waals surface area contributed by atoms with Crippen LogP contribution in [-0.2, 0) is 9.59 Å². The molecule has 0 aromatic carbocycles. The minimum Gasteiger partial charge on any atom is -0.481 e.